The number of fused-ring (bicyclic) bond motifs is 3. The van der Waals surface area contributed by atoms with E-state index in [0.717, 1.165) is 60.2 Å². The van der Waals surface area contributed by atoms with Gasteiger partial charge in [0, 0.05) is 56.3 Å². The molecule has 7 rings (SSSR count). The van der Waals surface area contributed by atoms with Crippen molar-refractivity contribution in [2.24, 2.45) is 0 Å². The number of carbonyl (C=O) groups excluding carboxylic acids is 1. The normalized spacial score (nSPS) is 19.0. The zero-order valence-electron chi connectivity index (χ0n) is 27.1. The molecule has 0 bridgehead atoms. The Morgan fingerprint density at radius 3 is 2.52 bits per heavy atom. The van der Waals surface area contributed by atoms with E-state index >= 15 is 0 Å². The van der Waals surface area contributed by atoms with Crippen LogP contribution in [0.15, 0.2) is 42.2 Å². The van der Waals surface area contributed by atoms with Gasteiger partial charge in [0.15, 0.2) is 5.83 Å². The van der Waals surface area contributed by atoms with Gasteiger partial charge in [-0.1, -0.05) is 29.8 Å². The number of rotatable bonds is 7. The molecule has 0 spiro atoms. The summed E-state index contributed by atoms with van der Waals surface area (Å²) in [6, 6.07) is 11.1. The van der Waals surface area contributed by atoms with Gasteiger partial charge >= 0.3 is 6.01 Å². The number of ether oxygens (including phenoxy) is 1. The second-order valence-corrected chi connectivity index (χ2v) is 13.0. The van der Waals surface area contributed by atoms with Crippen LogP contribution < -0.4 is 14.5 Å². The number of anilines is 2. The van der Waals surface area contributed by atoms with Gasteiger partial charge in [-0.25, -0.2) is 8.78 Å². The van der Waals surface area contributed by atoms with Crippen LogP contribution in [-0.2, 0) is 17.8 Å². The van der Waals surface area contributed by atoms with Gasteiger partial charge in [-0.3, -0.25) is 9.69 Å². The van der Waals surface area contributed by atoms with E-state index in [4.69, 9.17) is 36.7 Å². The molecule has 3 fully saturated rings. The minimum Gasteiger partial charge on any atom is -0.461 e. The maximum atomic E-state index is 14.6. The first kappa shape index (κ1) is 33.8. The van der Waals surface area contributed by atoms with Crippen molar-refractivity contribution in [3.8, 4) is 12.1 Å². The Bertz CT molecular complexity index is 1730. The molecular weight excluding hydrogens is 640 g/mol. The predicted molar refractivity (Wildman–Crippen MR) is 180 cm³/mol. The smallest absolute Gasteiger partial charge is 0.318 e. The molecule has 3 aromatic rings. The molecule has 0 atom stereocenters. The van der Waals surface area contributed by atoms with Crippen LogP contribution in [-0.4, -0.2) is 95.3 Å². The summed E-state index contributed by atoms with van der Waals surface area (Å²) in [6.07, 6.45) is 6.08. The molecule has 0 radical (unpaired) electrons. The number of hydrogen-bond acceptors (Lipinski definition) is 9. The minimum atomic E-state index is -0.943. The van der Waals surface area contributed by atoms with Gasteiger partial charge in [0.25, 0.3) is 5.91 Å². The summed E-state index contributed by atoms with van der Waals surface area (Å²) in [6.45, 7) is 6.36. The number of aliphatic hydroxyl groups excluding tert-OH is 1. The standard InChI is InChI=1S/C33H37ClF2N6O3.C2H3N/c34-29-24(35)7-6-22-4-1-5-27(28(22)29)41-14-8-23-26(20-41)37-32(45-21-33-10-2-12-42(33)13-3-11-33)38-30(23)39-15-17-40(18-16-39)31(44)25(36)9-19-43;1-2-3/h1,4-7,9,43H,2-3,8,10-21H2;1H3/b25-9-;. The first-order chi connectivity index (χ1) is 23.3. The third-order valence-electron chi connectivity index (χ3n) is 9.90. The van der Waals surface area contributed by atoms with Crippen LogP contribution in [0.2, 0.25) is 5.02 Å². The highest BCUT2D eigenvalue weighted by Crippen LogP contribution is 2.40. The Morgan fingerprint density at radius 2 is 1.81 bits per heavy atom. The summed E-state index contributed by atoms with van der Waals surface area (Å²) >= 11 is 6.50. The van der Waals surface area contributed by atoms with Crippen molar-refractivity contribution >= 4 is 39.8 Å². The first-order valence-corrected chi connectivity index (χ1v) is 16.9. The lowest BCUT2D eigenvalue weighted by Crippen LogP contribution is -2.50. The molecule has 0 unspecified atom stereocenters. The largest absolute Gasteiger partial charge is 0.461 e. The van der Waals surface area contributed by atoms with Crippen molar-refractivity contribution in [1.29, 1.82) is 5.26 Å². The van der Waals surface area contributed by atoms with Gasteiger partial charge in [-0.15, -0.1) is 0 Å². The van der Waals surface area contributed by atoms with Crippen molar-refractivity contribution in [1.82, 2.24) is 19.8 Å². The highest BCUT2D eigenvalue weighted by atomic mass is 35.5. The van der Waals surface area contributed by atoms with Gasteiger partial charge in [0.05, 0.1) is 35.5 Å². The van der Waals surface area contributed by atoms with Crippen LogP contribution in [0.4, 0.5) is 20.3 Å². The summed E-state index contributed by atoms with van der Waals surface area (Å²) in [4.78, 5) is 30.7. The average molecular weight is 680 g/mol. The lowest BCUT2D eigenvalue weighted by Gasteiger charge is -2.38. The van der Waals surface area contributed by atoms with E-state index in [9.17, 15) is 13.6 Å². The maximum Gasteiger partial charge on any atom is 0.318 e. The fourth-order valence-electron chi connectivity index (χ4n) is 7.57. The molecule has 1 N–H and O–H groups in total. The number of halogens is 3. The highest BCUT2D eigenvalue weighted by Gasteiger charge is 2.45. The Morgan fingerprint density at radius 1 is 1.08 bits per heavy atom. The Kier molecular flexibility index (Phi) is 10.3. The monoisotopic (exact) mass is 679 g/mol. The second-order valence-electron chi connectivity index (χ2n) is 12.6. The maximum absolute atomic E-state index is 14.6. The third-order valence-corrected chi connectivity index (χ3v) is 10.3. The summed E-state index contributed by atoms with van der Waals surface area (Å²) in [5, 5.41) is 18.0. The molecule has 4 aliphatic rings. The molecule has 254 valence electrons. The van der Waals surface area contributed by atoms with Crippen molar-refractivity contribution in [2.75, 3.05) is 68.8 Å². The molecule has 5 heterocycles. The number of amides is 1. The Hall–Kier alpha value is -4.05. The lowest BCUT2D eigenvalue weighted by atomic mass is 9.95. The molecule has 4 aliphatic heterocycles. The number of nitriles is 1. The van der Waals surface area contributed by atoms with Crippen LogP contribution in [0.25, 0.3) is 10.8 Å². The molecule has 0 aliphatic carbocycles. The molecule has 3 saturated heterocycles. The van der Waals surface area contributed by atoms with Crippen LogP contribution in [0.1, 0.15) is 43.9 Å². The Labute approximate surface area is 284 Å². The topological polar surface area (TPSA) is 109 Å². The number of carbonyl (C=O) groups is 1. The van der Waals surface area contributed by atoms with Crippen LogP contribution in [0.3, 0.4) is 0 Å². The first-order valence-electron chi connectivity index (χ1n) is 16.5. The van der Waals surface area contributed by atoms with Gasteiger partial charge in [0.1, 0.15) is 18.2 Å². The quantitative estimate of drug-likeness (QED) is 0.345. The van der Waals surface area contributed by atoms with Gasteiger partial charge in [0.2, 0.25) is 0 Å². The van der Waals surface area contributed by atoms with E-state index in [1.165, 1.54) is 30.7 Å². The lowest BCUT2D eigenvalue weighted by molar-refractivity contribution is -0.129. The molecule has 1 amide bonds. The van der Waals surface area contributed by atoms with E-state index < -0.39 is 24.2 Å². The molecule has 13 heteroatoms. The van der Waals surface area contributed by atoms with Gasteiger partial charge in [-0.05, 0) is 68.8 Å². The van der Waals surface area contributed by atoms with Crippen molar-refractivity contribution < 1.29 is 23.4 Å². The number of aromatic nitrogens is 2. The average Bonchev–Trinajstić information content (AvgIpc) is 3.69. The highest BCUT2D eigenvalue weighted by molar-refractivity contribution is 6.36. The molecule has 2 aromatic carbocycles. The summed E-state index contributed by atoms with van der Waals surface area (Å²) in [5.41, 5.74) is 2.74. The molecule has 10 nitrogen and oxygen atoms in total. The van der Waals surface area contributed by atoms with Crippen molar-refractivity contribution in [3.63, 3.8) is 0 Å². The molecule has 1 aromatic heterocycles. The van der Waals surface area contributed by atoms with E-state index in [1.807, 2.05) is 18.2 Å². The minimum absolute atomic E-state index is 0.0351. The molecular formula is C35H40ClF2N7O3. The summed E-state index contributed by atoms with van der Waals surface area (Å²) in [5.74, 6) is -1.33. The fraction of sp³-hybridized carbons (Fsp3) is 0.486. The third kappa shape index (κ3) is 6.64. The van der Waals surface area contributed by atoms with Crippen molar-refractivity contribution in [3.05, 3.63) is 64.3 Å². The van der Waals surface area contributed by atoms with E-state index in [-0.39, 0.29) is 10.6 Å². The molecule has 48 heavy (non-hydrogen) atoms. The van der Waals surface area contributed by atoms with Crippen LogP contribution in [0.5, 0.6) is 6.01 Å². The van der Waals surface area contributed by atoms with Gasteiger partial charge in [-0.2, -0.15) is 15.2 Å². The summed E-state index contributed by atoms with van der Waals surface area (Å²) in [7, 11) is 0. The van der Waals surface area contributed by atoms with E-state index in [2.05, 4.69) is 14.7 Å². The zero-order valence-corrected chi connectivity index (χ0v) is 27.9. The van der Waals surface area contributed by atoms with E-state index in [1.54, 1.807) is 12.1 Å². The number of hydrogen-bond donors (Lipinski definition) is 1. The van der Waals surface area contributed by atoms with Crippen LogP contribution >= 0.6 is 11.6 Å². The summed E-state index contributed by atoms with van der Waals surface area (Å²) < 4.78 is 35.1. The molecule has 0 saturated carbocycles. The Balaban J connectivity index is 0.00000129. The zero-order chi connectivity index (χ0) is 33.8. The number of aliphatic hydroxyl groups is 1. The number of nitrogens with zero attached hydrogens (tertiary/aromatic N) is 7. The predicted octanol–water partition coefficient (Wildman–Crippen LogP) is 5.02. The van der Waals surface area contributed by atoms with Crippen molar-refractivity contribution in [2.45, 2.75) is 51.1 Å². The number of benzene rings is 2. The van der Waals surface area contributed by atoms with Gasteiger partial charge < -0.3 is 24.5 Å². The number of piperazine rings is 1. The van der Waals surface area contributed by atoms with E-state index in [0.29, 0.717) is 63.7 Å². The second kappa shape index (κ2) is 14.6. The van der Waals surface area contributed by atoms with Crippen LogP contribution in [0, 0.1) is 17.1 Å². The SMILES string of the molecule is CC#N.O=C(/C(F)=C/CO)N1CCN(c2nc(OCC34CCCN3CCC4)nc3c2CCN(c2cccc4ccc(F)c(Cl)c24)C3)CC1. The fourth-order valence-corrected chi connectivity index (χ4v) is 7.84.